The van der Waals surface area contributed by atoms with Gasteiger partial charge in [0.25, 0.3) is 0 Å². The molecule has 0 aromatic rings. The van der Waals surface area contributed by atoms with Crippen LogP contribution in [-0.4, -0.2) is 38.1 Å². The summed E-state index contributed by atoms with van der Waals surface area (Å²) in [6, 6.07) is 0. The number of likely N-dealkylation sites (tertiary alicyclic amines) is 1. The highest BCUT2D eigenvalue weighted by Gasteiger charge is 2.20. The van der Waals surface area contributed by atoms with E-state index in [9.17, 15) is 0 Å². The van der Waals surface area contributed by atoms with Gasteiger partial charge in [-0.05, 0) is 70.7 Å². The molecular formula is C16H33ClN2. The molecule has 2 rings (SSSR count). The minimum atomic E-state index is 0. The number of hydrogen-bond donors (Lipinski definition) is 1. The van der Waals surface area contributed by atoms with Crippen molar-refractivity contribution in [2.75, 3.05) is 33.2 Å². The van der Waals surface area contributed by atoms with E-state index in [4.69, 9.17) is 0 Å². The van der Waals surface area contributed by atoms with E-state index in [-0.39, 0.29) is 12.4 Å². The molecule has 2 fully saturated rings. The molecule has 0 radical (unpaired) electrons. The molecule has 0 amide bonds. The molecule has 3 heteroatoms. The summed E-state index contributed by atoms with van der Waals surface area (Å²) in [6.45, 7) is 5.30. The predicted molar refractivity (Wildman–Crippen MR) is 86.1 cm³/mol. The van der Waals surface area contributed by atoms with Crippen molar-refractivity contribution >= 4 is 12.4 Å². The Morgan fingerprint density at radius 2 is 1.53 bits per heavy atom. The van der Waals surface area contributed by atoms with E-state index in [1.54, 1.807) is 0 Å². The Morgan fingerprint density at radius 3 is 2.16 bits per heavy atom. The molecule has 1 heterocycles. The number of halogens is 1. The Kier molecular flexibility index (Phi) is 9.10. The molecule has 1 saturated carbocycles. The van der Waals surface area contributed by atoms with E-state index >= 15 is 0 Å². The lowest BCUT2D eigenvalue weighted by molar-refractivity contribution is 0.163. The molecule has 1 aliphatic heterocycles. The Labute approximate surface area is 126 Å². The summed E-state index contributed by atoms with van der Waals surface area (Å²) in [7, 11) is 2.07. The highest BCUT2D eigenvalue weighted by Crippen LogP contribution is 2.27. The van der Waals surface area contributed by atoms with E-state index in [0.717, 1.165) is 11.8 Å². The van der Waals surface area contributed by atoms with Crippen LogP contribution in [0.3, 0.4) is 0 Å². The van der Waals surface area contributed by atoms with Crippen LogP contribution in [0.2, 0.25) is 0 Å². The lowest BCUT2D eigenvalue weighted by Gasteiger charge is -2.33. The maximum absolute atomic E-state index is 3.28. The number of nitrogens with one attached hydrogen (secondary N) is 1. The highest BCUT2D eigenvalue weighted by molar-refractivity contribution is 5.85. The SMILES string of the molecule is CNCCC1CCN(CCC2CCCCC2)CC1.Cl. The van der Waals surface area contributed by atoms with E-state index in [2.05, 4.69) is 17.3 Å². The van der Waals surface area contributed by atoms with Crippen molar-refractivity contribution < 1.29 is 0 Å². The fraction of sp³-hybridized carbons (Fsp3) is 1.00. The van der Waals surface area contributed by atoms with Crippen molar-refractivity contribution in [2.45, 2.75) is 57.8 Å². The third kappa shape index (κ3) is 6.46. The lowest BCUT2D eigenvalue weighted by atomic mass is 9.86. The largest absolute Gasteiger partial charge is 0.320 e. The summed E-state index contributed by atoms with van der Waals surface area (Å²) < 4.78 is 0. The number of hydrogen-bond acceptors (Lipinski definition) is 2. The summed E-state index contributed by atoms with van der Waals surface area (Å²) in [5.41, 5.74) is 0. The van der Waals surface area contributed by atoms with Crippen molar-refractivity contribution in [1.82, 2.24) is 10.2 Å². The van der Waals surface area contributed by atoms with Gasteiger partial charge in [0.15, 0.2) is 0 Å². The normalized spacial score (nSPS) is 23.2. The van der Waals surface area contributed by atoms with Gasteiger partial charge in [0.2, 0.25) is 0 Å². The number of piperidine rings is 1. The molecule has 1 saturated heterocycles. The molecule has 1 aliphatic carbocycles. The molecule has 0 bridgehead atoms. The van der Waals surface area contributed by atoms with Gasteiger partial charge in [-0.25, -0.2) is 0 Å². The third-order valence-electron chi connectivity index (χ3n) is 5.09. The van der Waals surface area contributed by atoms with Crippen molar-refractivity contribution in [3.63, 3.8) is 0 Å². The zero-order chi connectivity index (χ0) is 12.6. The Hall–Kier alpha value is 0.210. The summed E-state index contributed by atoms with van der Waals surface area (Å²) in [5, 5.41) is 3.28. The Balaban J connectivity index is 0.00000180. The second kappa shape index (κ2) is 10.0. The van der Waals surface area contributed by atoms with Gasteiger partial charge in [-0.15, -0.1) is 12.4 Å². The fourth-order valence-corrected chi connectivity index (χ4v) is 3.69. The lowest BCUT2D eigenvalue weighted by Crippen LogP contribution is -2.35. The third-order valence-corrected chi connectivity index (χ3v) is 5.09. The first-order valence-electron chi connectivity index (χ1n) is 8.25. The Morgan fingerprint density at radius 1 is 0.895 bits per heavy atom. The van der Waals surface area contributed by atoms with Gasteiger partial charge in [0.1, 0.15) is 0 Å². The number of rotatable bonds is 6. The number of nitrogens with zero attached hydrogens (tertiary/aromatic N) is 1. The molecule has 2 aliphatic rings. The van der Waals surface area contributed by atoms with Gasteiger partial charge in [-0.1, -0.05) is 32.1 Å². The van der Waals surface area contributed by atoms with Gasteiger partial charge < -0.3 is 10.2 Å². The molecule has 0 atom stereocenters. The molecule has 1 N–H and O–H groups in total. The van der Waals surface area contributed by atoms with Gasteiger partial charge in [-0.3, -0.25) is 0 Å². The van der Waals surface area contributed by atoms with Crippen LogP contribution < -0.4 is 5.32 Å². The molecule has 0 unspecified atom stereocenters. The standard InChI is InChI=1S/C16H32N2.ClH/c1-17-11-7-16-9-13-18(14-10-16)12-8-15-5-3-2-4-6-15;/h15-17H,2-14H2,1H3;1H. The van der Waals surface area contributed by atoms with Crippen LogP contribution in [0.5, 0.6) is 0 Å². The minimum absolute atomic E-state index is 0. The molecule has 0 spiro atoms. The van der Waals surface area contributed by atoms with Crippen molar-refractivity contribution in [3.05, 3.63) is 0 Å². The molecular weight excluding hydrogens is 256 g/mol. The van der Waals surface area contributed by atoms with Crippen LogP contribution in [0.25, 0.3) is 0 Å². The minimum Gasteiger partial charge on any atom is -0.320 e. The zero-order valence-electron chi connectivity index (χ0n) is 12.7. The second-order valence-corrected chi connectivity index (χ2v) is 6.47. The molecule has 114 valence electrons. The summed E-state index contributed by atoms with van der Waals surface area (Å²) >= 11 is 0. The van der Waals surface area contributed by atoms with Crippen LogP contribution in [0, 0.1) is 11.8 Å². The van der Waals surface area contributed by atoms with E-state index in [0.29, 0.717) is 0 Å². The second-order valence-electron chi connectivity index (χ2n) is 6.47. The van der Waals surface area contributed by atoms with Crippen molar-refractivity contribution in [3.8, 4) is 0 Å². The van der Waals surface area contributed by atoms with E-state index < -0.39 is 0 Å². The maximum Gasteiger partial charge on any atom is -0.00161 e. The molecule has 2 nitrogen and oxygen atoms in total. The topological polar surface area (TPSA) is 15.3 Å². The summed E-state index contributed by atoms with van der Waals surface area (Å²) in [6.07, 6.45) is 13.2. The van der Waals surface area contributed by atoms with Crippen LogP contribution >= 0.6 is 12.4 Å². The molecule has 19 heavy (non-hydrogen) atoms. The highest BCUT2D eigenvalue weighted by atomic mass is 35.5. The van der Waals surface area contributed by atoms with Crippen molar-refractivity contribution in [2.24, 2.45) is 11.8 Å². The van der Waals surface area contributed by atoms with Crippen LogP contribution in [0.1, 0.15) is 57.8 Å². The van der Waals surface area contributed by atoms with Crippen LogP contribution in [0.15, 0.2) is 0 Å². The smallest absolute Gasteiger partial charge is 0.00161 e. The van der Waals surface area contributed by atoms with E-state index in [1.165, 1.54) is 84.0 Å². The van der Waals surface area contributed by atoms with Crippen LogP contribution in [-0.2, 0) is 0 Å². The zero-order valence-corrected chi connectivity index (χ0v) is 13.5. The van der Waals surface area contributed by atoms with Gasteiger partial charge in [0, 0.05) is 0 Å². The fourth-order valence-electron chi connectivity index (χ4n) is 3.69. The van der Waals surface area contributed by atoms with Gasteiger partial charge in [-0.2, -0.15) is 0 Å². The van der Waals surface area contributed by atoms with E-state index in [1.807, 2.05) is 0 Å². The van der Waals surface area contributed by atoms with Crippen LogP contribution in [0.4, 0.5) is 0 Å². The average Bonchev–Trinajstić information content (AvgIpc) is 2.45. The van der Waals surface area contributed by atoms with Crippen molar-refractivity contribution in [1.29, 1.82) is 0 Å². The molecule has 0 aromatic heterocycles. The summed E-state index contributed by atoms with van der Waals surface area (Å²) in [4.78, 5) is 2.73. The molecule has 0 aromatic carbocycles. The average molecular weight is 289 g/mol. The quantitative estimate of drug-likeness (QED) is 0.802. The maximum atomic E-state index is 3.28. The Bertz CT molecular complexity index is 209. The summed E-state index contributed by atoms with van der Waals surface area (Å²) in [5.74, 6) is 2.05. The predicted octanol–water partition coefficient (Wildman–Crippen LogP) is 3.70. The first-order valence-corrected chi connectivity index (χ1v) is 8.25. The van der Waals surface area contributed by atoms with Gasteiger partial charge >= 0.3 is 0 Å². The monoisotopic (exact) mass is 288 g/mol. The first-order chi connectivity index (χ1) is 8.88. The van der Waals surface area contributed by atoms with Gasteiger partial charge in [0.05, 0.1) is 0 Å². The first kappa shape index (κ1) is 17.3.